The maximum Gasteiger partial charge on any atom is 0.160 e. The summed E-state index contributed by atoms with van der Waals surface area (Å²) in [5.74, 6) is 0. The Morgan fingerprint density at radius 1 is 1.60 bits per heavy atom. The molecule has 0 fully saturated rings. The van der Waals surface area contributed by atoms with E-state index in [9.17, 15) is 9.00 Å². The molecule has 0 amide bonds. The fourth-order valence-corrected chi connectivity index (χ4v) is 2.12. The van der Waals surface area contributed by atoms with Crippen molar-refractivity contribution in [3.05, 3.63) is 17.0 Å². The zero-order valence-electron chi connectivity index (χ0n) is 5.37. The van der Waals surface area contributed by atoms with Crippen LogP contribution in [0.5, 0.6) is 0 Å². The van der Waals surface area contributed by atoms with Crippen molar-refractivity contribution in [1.82, 2.24) is 0 Å². The minimum Gasteiger partial charge on any atom is -0.297 e. The normalized spacial score (nSPS) is 12.9. The second kappa shape index (κ2) is 3.07. The number of hydrogen-bond acceptors (Lipinski definition) is 3. The van der Waals surface area contributed by atoms with E-state index in [-0.39, 0.29) is 0 Å². The van der Waals surface area contributed by atoms with Crippen molar-refractivity contribution in [2.45, 2.75) is 4.21 Å². The molecule has 0 aliphatic heterocycles. The summed E-state index contributed by atoms with van der Waals surface area (Å²) in [5.41, 5.74) is 0. The molecule has 0 aliphatic carbocycles. The molecule has 1 rings (SSSR count). The van der Waals surface area contributed by atoms with Crippen LogP contribution in [-0.4, -0.2) is 16.8 Å². The van der Waals surface area contributed by atoms with E-state index in [1.54, 1.807) is 18.4 Å². The summed E-state index contributed by atoms with van der Waals surface area (Å²) < 4.78 is 11.5. The number of carbonyl (C=O) groups is 1. The molecule has 1 heterocycles. The number of thiophene rings is 1. The van der Waals surface area contributed by atoms with E-state index < -0.39 is 10.8 Å². The Morgan fingerprint density at radius 2 is 2.30 bits per heavy atom. The van der Waals surface area contributed by atoms with Gasteiger partial charge in [0.1, 0.15) is 0 Å². The van der Waals surface area contributed by atoms with Gasteiger partial charge in [0.15, 0.2) is 6.29 Å². The molecule has 0 bridgehead atoms. The molecule has 0 radical (unpaired) electrons. The highest BCUT2D eigenvalue weighted by molar-refractivity contribution is 7.86. The first-order valence-corrected chi connectivity index (χ1v) is 5.00. The van der Waals surface area contributed by atoms with Gasteiger partial charge in [0.2, 0.25) is 0 Å². The molecular weight excluding hydrogens is 168 g/mol. The van der Waals surface area contributed by atoms with Crippen molar-refractivity contribution in [2.24, 2.45) is 0 Å². The molecule has 1 aromatic rings. The van der Waals surface area contributed by atoms with Gasteiger partial charge in [-0.1, -0.05) is 0 Å². The number of hydrogen-bond donors (Lipinski definition) is 0. The summed E-state index contributed by atoms with van der Waals surface area (Å²) in [7, 11) is -0.950. The van der Waals surface area contributed by atoms with E-state index in [1.165, 1.54) is 11.3 Å². The molecule has 1 atom stereocenters. The van der Waals surface area contributed by atoms with Crippen molar-refractivity contribution in [3.8, 4) is 0 Å². The van der Waals surface area contributed by atoms with Crippen molar-refractivity contribution >= 4 is 28.4 Å². The molecule has 0 saturated heterocycles. The van der Waals surface area contributed by atoms with Gasteiger partial charge in [-0.05, 0) is 12.1 Å². The molecule has 0 saturated carbocycles. The minimum atomic E-state index is -0.950. The Hall–Kier alpha value is -0.480. The first kappa shape index (κ1) is 7.63. The number of carbonyl (C=O) groups excluding carboxylic acids is 1. The van der Waals surface area contributed by atoms with Crippen molar-refractivity contribution in [1.29, 1.82) is 0 Å². The standard InChI is InChI=1S/C6H6O2S2/c1-10(8)6-3-2-5(4-7)9-6/h2-4H,1H3. The van der Waals surface area contributed by atoms with Crippen LogP contribution in [0.1, 0.15) is 9.67 Å². The molecule has 2 nitrogen and oxygen atoms in total. The second-order valence-corrected chi connectivity index (χ2v) is 4.45. The lowest BCUT2D eigenvalue weighted by molar-refractivity contribution is 0.112. The molecule has 0 spiro atoms. The molecule has 0 N–H and O–H groups in total. The summed E-state index contributed by atoms with van der Waals surface area (Å²) in [4.78, 5) is 10.8. The van der Waals surface area contributed by atoms with Crippen molar-refractivity contribution in [3.63, 3.8) is 0 Å². The maximum atomic E-state index is 10.8. The zero-order chi connectivity index (χ0) is 7.56. The van der Waals surface area contributed by atoms with Crippen LogP contribution in [0.15, 0.2) is 16.3 Å². The lowest BCUT2D eigenvalue weighted by Crippen LogP contribution is -1.78. The van der Waals surface area contributed by atoms with Crippen LogP contribution in [-0.2, 0) is 10.8 Å². The van der Waals surface area contributed by atoms with Crippen LogP contribution >= 0.6 is 11.3 Å². The van der Waals surface area contributed by atoms with Gasteiger partial charge in [-0.3, -0.25) is 9.00 Å². The van der Waals surface area contributed by atoms with E-state index in [0.717, 1.165) is 10.5 Å². The molecule has 0 aliphatic rings. The lowest BCUT2D eigenvalue weighted by atomic mass is 10.5. The van der Waals surface area contributed by atoms with Crippen LogP contribution in [0.3, 0.4) is 0 Å². The Bertz CT molecular complexity index is 264. The Morgan fingerprint density at radius 3 is 2.60 bits per heavy atom. The van der Waals surface area contributed by atoms with Crippen molar-refractivity contribution < 1.29 is 9.00 Å². The highest BCUT2D eigenvalue weighted by Crippen LogP contribution is 2.16. The molecule has 54 valence electrons. The molecule has 1 unspecified atom stereocenters. The van der Waals surface area contributed by atoms with E-state index >= 15 is 0 Å². The highest BCUT2D eigenvalue weighted by atomic mass is 32.2. The van der Waals surface area contributed by atoms with Gasteiger partial charge in [0.05, 0.1) is 19.9 Å². The van der Waals surface area contributed by atoms with Crippen LogP contribution in [0.4, 0.5) is 0 Å². The minimum absolute atomic E-state index is 0.630. The lowest BCUT2D eigenvalue weighted by Gasteiger charge is -1.82. The fourth-order valence-electron chi connectivity index (χ4n) is 0.552. The van der Waals surface area contributed by atoms with Crippen LogP contribution in [0.2, 0.25) is 0 Å². The first-order valence-electron chi connectivity index (χ1n) is 2.62. The van der Waals surface area contributed by atoms with E-state index in [1.807, 2.05) is 0 Å². The predicted molar refractivity (Wildman–Crippen MR) is 42.0 cm³/mol. The largest absolute Gasteiger partial charge is 0.297 e. The van der Waals surface area contributed by atoms with Gasteiger partial charge in [-0.2, -0.15) is 0 Å². The van der Waals surface area contributed by atoms with Gasteiger partial charge >= 0.3 is 0 Å². The quantitative estimate of drug-likeness (QED) is 0.633. The third-order valence-corrected chi connectivity index (χ3v) is 3.46. The van der Waals surface area contributed by atoms with Crippen LogP contribution < -0.4 is 0 Å². The van der Waals surface area contributed by atoms with E-state index in [4.69, 9.17) is 0 Å². The monoisotopic (exact) mass is 174 g/mol. The third kappa shape index (κ3) is 1.52. The summed E-state index contributed by atoms with van der Waals surface area (Å²) in [6.07, 6.45) is 2.36. The van der Waals surface area contributed by atoms with Gasteiger partial charge in [0.25, 0.3) is 0 Å². The SMILES string of the molecule is CS(=O)c1ccc(C=O)s1. The topological polar surface area (TPSA) is 34.1 Å². The summed E-state index contributed by atoms with van der Waals surface area (Å²) >= 11 is 1.27. The molecule has 10 heavy (non-hydrogen) atoms. The average Bonchev–Trinajstić information content (AvgIpc) is 2.34. The Balaban J connectivity index is 2.98. The van der Waals surface area contributed by atoms with Crippen molar-refractivity contribution in [2.75, 3.05) is 6.26 Å². The van der Waals surface area contributed by atoms with Gasteiger partial charge < -0.3 is 0 Å². The molecule has 0 aromatic carbocycles. The predicted octanol–water partition coefficient (Wildman–Crippen LogP) is 1.30. The Labute approximate surface area is 65.3 Å². The average molecular weight is 174 g/mol. The van der Waals surface area contributed by atoms with Crippen LogP contribution in [0, 0.1) is 0 Å². The maximum absolute atomic E-state index is 10.8. The van der Waals surface area contributed by atoms with Gasteiger partial charge in [-0.25, -0.2) is 0 Å². The third-order valence-electron chi connectivity index (χ3n) is 1.00. The number of rotatable bonds is 2. The summed E-state index contributed by atoms with van der Waals surface area (Å²) in [6, 6.07) is 3.39. The molecular formula is C6H6O2S2. The number of aldehydes is 1. The van der Waals surface area contributed by atoms with Crippen LogP contribution in [0.25, 0.3) is 0 Å². The first-order chi connectivity index (χ1) is 4.74. The fraction of sp³-hybridized carbons (Fsp3) is 0.167. The summed E-state index contributed by atoms with van der Waals surface area (Å²) in [5, 5.41) is 0. The highest BCUT2D eigenvalue weighted by Gasteiger charge is 2.00. The molecule has 4 heteroatoms. The zero-order valence-corrected chi connectivity index (χ0v) is 7.00. The van der Waals surface area contributed by atoms with E-state index in [0.29, 0.717) is 4.88 Å². The smallest absolute Gasteiger partial charge is 0.160 e. The van der Waals surface area contributed by atoms with E-state index in [2.05, 4.69) is 0 Å². The molecule has 1 aromatic heterocycles. The summed E-state index contributed by atoms with van der Waals surface area (Å²) in [6.45, 7) is 0. The van der Waals surface area contributed by atoms with Gasteiger partial charge in [0, 0.05) is 6.26 Å². The van der Waals surface area contributed by atoms with Gasteiger partial charge in [-0.15, -0.1) is 11.3 Å². The Kier molecular flexibility index (Phi) is 2.34. The second-order valence-electron chi connectivity index (χ2n) is 1.73.